The Morgan fingerprint density at radius 1 is 0.947 bits per heavy atom. The van der Waals surface area contributed by atoms with Crippen LogP contribution in [0.1, 0.15) is 11.1 Å². The molecule has 0 aliphatic heterocycles. The molecule has 3 aromatic rings. The van der Waals surface area contributed by atoms with Crippen molar-refractivity contribution in [2.45, 2.75) is 6.42 Å². The molecule has 0 aliphatic rings. The van der Waals surface area contributed by atoms with Crippen LogP contribution in [0.25, 0.3) is 5.69 Å². The molecular weight excluding hydrogens is 256 g/mol. The van der Waals surface area contributed by atoms with Gasteiger partial charge in [-0.25, -0.2) is 4.98 Å². The molecule has 0 N–H and O–H groups in total. The van der Waals surface area contributed by atoms with Gasteiger partial charge in [0.1, 0.15) is 0 Å². The Balaban J connectivity index is 2.00. The van der Waals surface area contributed by atoms with Gasteiger partial charge in [0.2, 0.25) is 0 Å². The van der Waals surface area contributed by atoms with E-state index < -0.39 is 0 Å². The number of benzene rings is 2. The van der Waals surface area contributed by atoms with Crippen molar-refractivity contribution >= 4 is 11.6 Å². The lowest BCUT2D eigenvalue weighted by atomic mass is 10.0. The van der Waals surface area contributed by atoms with Gasteiger partial charge in [-0.15, -0.1) is 0 Å². The van der Waals surface area contributed by atoms with Crippen LogP contribution in [0.4, 0.5) is 0 Å². The third kappa shape index (κ3) is 2.54. The average molecular weight is 269 g/mol. The summed E-state index contributed by atoms with van der Waals surface area (Å²) in [7, 11) is 0. The van der Waals surface area contributed by atoms with Crippen LogP contribution in [0.15, 0.2) is 67.3 Å². The van der Waals surface area contributed by atoms with Crippen molar-refractivity contribution < 1.29 is 0 Å². The lowest BCUT2D eigenvalue weighted by Crippen LogP contribution is -1.98. The van der Waals surface area contributed by atoms with Gasteiger partial charge in [-0.1, -0.05) is 48.0 Å². The molecule has 0 saturated heterocycles. The molecule has 0 saturated carbocycles. The molecular formula is C16H13ClN2. The van der Waals surface area contributed by atoms with Gasteiger partial charge in [0, 0.05) is 29.5 Å². The first-order chi connectivity index (χ1) is 9.34. The van der Waals surface area contributed by atoms with E-state index in [9.17, 15) is 0 Å². The smallest absolute Gasteiger partial charge is 0.0991 e. The van der Waals surface area contributed by atoms with Crippen LogP contribution in [0.5, 0.6) is 0 Å². The van der Waals surface area contributed by atoms with Crippen LogP contribution < -0.4 is 0 Å². The molecule has 3 heteroatoms. The first kappa shape index (κ1) is 12.0. The van der Waals surface area contributed by atoms with Gasteiger partial charge in [0.05, 0.1) is 6.33 Å². The summed E-state index contributed by atoms with van der Waals surface area (Å²) >= 11 is 6.23. The summed E-state index contributed by atoms with van der Waals surface area (Å²) in [6, 6.07) is 16.3. The normalized spacial score (nSPS) is 10.6. The fourth-order valence-corrected chi connectivity index (χ4v) is 2.36. The Morgan fingerprint density at radius 2 is 1.68 bits per heavy atom. The standard InChI is InChI=1S/C16H13ClN2/c17-15-7-3-1-5-13(15)11-14-6-2-4-8-16(14)19-10-9-18-12-19/h1-10,12H,11H2. The molecule has 94 valence electrons. The van der Waals surface area contributed by atoms with Crippen molar-refractivity contribution in [3.8, 4) is 5.69 Å². The largest absolute Gasteiger partial charge is 0.306 e. The predicted molar refractivity (Wildman–Crippen MR) is 77.8 cm³/mol. The second kappa shape index (κ2) is 5.29. The molecule has 0 unspecified atom stereocenters. The van der Waals surface area contributed by atoms with E-state index >= 15 is 0 Å². The van der Waals surface area contributed by atoms with Crippen molar-refractivity contribution in [2.24, 2.45) is 0 Å². The van der Waals surface area contributed by atoms with E-state index in [1.165, 1.54) is 5.56 Å². The first-order valence-electron chi connectivity index (χ1n) is 6.14. The summed E-state index contributed by atoms with van der Waals surface area (Å²) in [5, 5.41) is 0.808. The van der Waals surface area contributed by atoms with E-state index in [0.717, 1.165) is 22.7 Å². The van der Waals surface area contributed by atoms with E-state index in [1.54, 1.807) is 6.20 Å². The maximum atomic E-state index is 6.23. The van der Waals surface area contributed by atoms with Crippen molar-refractivity contribution in [1.82, 2.24) is 9.55 Å². The molecule has 0 spiro atoms. The van der Waals surface area contributed by atoms with E-state index in [1.807, 2.05) is 47.4 Å². The summed E-state index contributed by atoms with van der Waals surface area (Å²) < 4.78 is 2.02. The number of rotatable bonds is 3. The number of imidazole rings is 1. The van der Waals surface area contributed by atoms with Crippen LogP contribution in [-0.4, -0.2) is 9.55 Å². The number of nitrogens with zero attached hydrogens (tertiary/aromatic N) is 2. The van der Waals surface area contributed by atoms with Gasteiger partial charge < -0.3 is 4.57 Å². The minimum atomic E-state index is 0.808. The Labute approximate surface area is 117 Å². The Morgan fingerprint density at radius 3 is 2.42 bits per heavy atom. The molecule has 0 bridgehead atoms. The highest BCUT2D eigenvalue weighted by atomic mass is 35.5. The molecule has 0 atom stereocenters. The zero-order valence-electron chi connectivity index (χ0n) is 10.3. The number of aromatic nitrogens is 2. The van der Waals surface area contributed by atoms with Gasteiger partial charge in [0.25, 0.3) is 0 Å². The molecule has 0 radical (unpaired) electrons. The molecule has 1 aromatic heterocycles. The second-order valence-electron chi connectivity index (χ2n) is 4.37. The van der Waals surface area contributed by atoms with Crippen molar-refractivity contribution in [1.29, 1.82) is 0 Å². The molecule has 2 aromatic carbocycles. The average Bonchev–Trinajstić information content (AvgIpc) is 2.96. The summed E-state index contributed by atoms with van der Waals surface area (Å²) in [6.45, 7) is 0. The van der Waals surface area contributed by atoms with E-state index in [0.29, 0.717) is 0 Å². The van der Waals surface area contributed by atoms with Gasteiger partial charge >= 0.3 is 0 Å². The maximum Gasteiger partial charge on any atom is 0.0991 e. The van der Waals surface area contributed by atoms with Gasteiger partial charge in [-0.2, -0.15) is 0 Å². The highest BCUT2D eigenvalue weighted by Crippen LogP contribution is 2.22. The second-order valence-corrected chi connectivity index (χ2v) is 4.77. The van der Waals surface area contributed by atoms with Crippen LogP contribution in [0, 0.1) is 0 Å². The molecule has 0 fully saturated rings. The number of halogens is 1. The molecule has 1 heterocycles. The van der Waals surface area contributed by atoms with Crippen LogP contribution in [0.3, 0.4) is 0 Å². The van der Waals surface area contributed by atoms with E-state index in [-0.39, 0.29) is 0 Å². The zero-order chi connectivity index (χ0) is 13.1. The number of hydrogen-bond donors (Lipinski definition) is 0. The topological polar surface area (TPSA) is 17.8 Å². The molecule has 0 aliphatic carbocycles. The molecule has 0 amide bonds. The lowest BCUT2D eigenvalue weighted by Gasteiger charge is -2.11. The molecule has 2 nitrogen and oxygen atoms in total. The summed E-state index contributed by atoms with van der Waals surface area (Å²) in [6.07, 6.45) is 6.36. The number of hydrogen-bond acceptors (Lipinski definition) is 1. The monoisotopic (exact) mass is 268 g/mol. The van der Waals surface area contributed by atoms with Crippen LogP contribution in [-0.2, 0) is 6.42 Å². The maximum absolute atomic E-state index is 6.23. The molecule has 19 heavy (non-hydrogen) atoms. The van der Waals surface area contributed by atoms with E-state index in [4.69, 9.17) is 11.6 Å². The summed E-state index contributed by atoms with van der Waals surface area (Å²) in [5.41, 5.74) is 3.50. The Kier molecular flexibility index (Phi) is 3.34. The summed E-state index contributed by atoms with van der Waals surface area (Å²) in [5.74, 6) is 0. The first-order valence-corrected chi connectivity index (χ1v) is 6.52. The van der Waals surface area contributed by atoms with Gasteiger partial charge in [-0.3, -0.25) is 0 Å². The van der Waals surface area contributed by atoms with E-state index in [2.05, 4.69) is 23.2 Å². The third-order valence-corrected chi connectivity index (χ3v) is 3.48. The van der Waals surface area contributed by atoms with Gasteiger partial charge in [0.15, 0.2) is 0 Å². The van der Waals surface area contributed by atoms with Gasteiger partial charge in [-0.05, 0) is 23.3 Å². The molecule has 3 rings (SSSR count). The minimum Gasteiger partial charge on any atom is -0.306 e. The highest BCUT2D eigenvalue weighted by molar-refractivity contribution is 6.31. The summed E-state index contributed by atoms with van der Waals surface area (Å²) in [4.78, 5) is 4.10. The van der Waals surface area contributed by atoms with Crippen molar-refractivity contribution in [2.75, 3.05) is 0 Å². The fourth-order valence-electron chi connectivity index (χ4n) is 2.16. The number of para-hydroxylation sites is 1. The minimum absolute atomic E-state index is 0.808. The van der Waals surface area contributed by atoms with Crippen molar-refractivity contribution in [3.63, 3.8) is 0 Å². The SMILES string of the molecule is Clc1ccccc1Cc1ccccc1-n1ccnc1. The predicted octanol–water partition coefficient (Wildman–Crippen LogP) is 4.12. The highest BCUT2D eigenvalue weighted by Gasteiger charge is 2.06. The third-order valence-electron chi connectivity index (χ3n) is 3.11. The lowest BCUT2D eigenvalue weighted by molar-refractivity contribution is 1.02. The zero-order valence-corrected chi connectivity index (χ0v) is 11.1. The fraction of sp³-hybridized carbons (Fsp3) is 0.0625. The van der Waals surface area contributed by atoms with Crippen LogP contribution >= 0.6 is 11.6 Å². The van der Waals surface area contributed by atoms with Crippen molar-refractivity contribution in [3.05, 3.63) is 83.4 Å². The van der Waals surface area contributed by atoms with Crippen LogP contribution in [0.2, 0.25) is 5.02 Å². The quantitative estimate of drug-likeness (QED) is 0.699. The Bertz CT molecular complexity index is 675. The Hall–Kier alpha value is -2.06.